The van der Waals surface area contributed by atoms with Crippen LogP contribution in [0.4, 0.5) is 0 Å². The zero-order chi connectivity index (χ0) is 14.3. The second kappa shape index (κ2) is 5.00. The van der Waals surface area contributed by atoms with E-state index in [4.69, 9.17) is 12.2 Å². The predicted molar refractivity (Wildman–Crippen MR) is 86.6 cm³/mol. The van der Waals surface area contributed by atoms with Gasteiger partial charge in [0.05, 0.1) is 0 Å². The molecule has 2 heterocycles. The summed E-state index contributed by atoms with van der Waals surface area (Å²) in [5.74, 6) is 0.884. The molecule has 0 amide bonds. The molecule has 20 heavy (non-hydrogen) atoms. The summed E-state index contributed by atoms with van der Waals surface area (Å²) in [5.41, 5.74) is 4.86. The van der Waals surface area contributed by atoms with E-state index >= 15 is 0 Å². The number of rotatable bonds is 2. The molecule has 5 heteroatoms. The van der Waals surface area contributed by atoms with Gasteiger partial charge in [-0.05, 0) is 31.6 Å². The fourth-order valence-corrected chi connectivity index (χ4v) is 3.28. The molecule has 0 aliphatic carbocycles. The van der Waals surface area contributed by atoms with E-state index in [0.717, 1.165) is 11.4 Å². The number of aryl methyl sites for hydroxylation is 2. The molecule has 3 nitrogen and oxygen atoms in total. The van der Waals surface area contributed by atoms with Gasteiger partial charge in [0, 0.05) is 28.4 Å². The average Bonchev–Trinajstić information content (AvgIpc) is 2.96. The third-order valence-electron chi connectivity index (χ3n) is 3.44. The first-order valence-corrected chi connectivity index (χ1v) is 7.63. The fraction of sp³-hybridized carbons (Fsp3) is 0.200. The van der Waals surface area contributed by atoms with Crippen molar-refractivity contribution in [3.05, 3.63) is 44.9 Å². The van der Waals surface area contributed by atoms with E-state index in [1.54, 1.807) is 11.3 Å². The van der Waals surface area contributed by atoms with Gasteiger partial charge in [0.15, 0.2) is 10.6 Å². The first kappa shape index (κ1) is 13.3. The lowest BCUT2D eigenvalue weighted by Crippen LogP contribution is -1.93. The van der Waals surface area contributed by atoms with Crippen molar-refractivity contribution < 1.29 is 0 Å². The molecule has 1 N–H and O–H groups in total. The third-order valence-corrected chi connectivity index (χ3v) is 4.71. The molecule has 0 spiro atoms. The van der Waals surface area contributed by atoms with E-state index in [1.807, 2.05) is 11.6 Å². The minimum Gasteiger partial charge on any atom is -0.303 e. The van der Waals surface area contributed by atoms with Gasteiger partial charge in [-0.25, -0.2) is 0 Å². The van der Waals surface area contributed by atoms with Crippen LogP contribution in [0.3, 0.4) is 0 Å². The Hall–Kier alpha value is -1.72. The summed E-state index contributed by atoms with van der Waals surface area (Å²) in [4.78, 5) is 1.29. The van der Waals surface area contributed by atoms with Crippen molar-refractivity contribution >= 4 is 23.6 Å². The summed E-state index contributed by atoms with van der Waals surface area (Å²) in [6.45, 7) is 4.24. The van der Waals surface area contributed by atoms with Gasteiger partial charge < -0.3 is 4.57 Å². The maximum absolute atomic E-state index is 5.21. The molecule has 0 bridgehead atoms. The van der Waals surface area contributed by atoms with Gasteiger partial charge in [0.1, 0.15) is 0 Å². The molecular formula is C15H15N3S2. The van der Waals surface area contributed by atoms with E-state index in [2.05, 4.69) is 53.7 Å². The zero-order valence-electron chi connectivity index (χ0n) is 11.6. The molecule has 2 aromatic heterocycles. The molecule has 0 saturated heterocycles. The van der Waals surface area contributed by atoms with Crippen molar-refractivity contribution in [2.24, 2.45) is 7.05 Å². The van der Waals surface area contributed by atoms with Crippen LogP contribution in [0.2, 0.25) is 0 Å². The summed E-state index contributed by atoms with van der Waals surface area (Å²) in [5, 5.41) is 9.36. The Labute approximate surface area is 126 Å². The Bertz CT molecular complexity index is 807. The molecule has 0 saturated carbocycles. The first-order chi connectivity index (χ1) is 9.58. The normalized spacial score (nSPS) is 10.9. The highest BCUT2D eigenvalue weighted by Gasteiger charge is 2.16. The lowest BCUT2D eigenvalue weighted by atomic mass is 10.0. The van der Waals surface area contributed by atoms with E-state index in [0.29, 0.717) is 4.77 Å². The van der Waals surface area contributed by atoms with Crippen molar-refractivity contribution in [2.45, 2.75) is 13.8 Å². The Morgan fingerprint density at radius 2 is 1.90 bits per heavy atom. The van der Waals surface area contributed by atoms with Gasteiger partial charge in [0.25, 0.3) is 0 Å². The van der Waals surface area contributed by atoms with Crippen LogP contribution in [0.5, 0.6) is 0 Å². The van der Waals surface area contributed by atoms with Crippen LogP contribution in [0.15, 0.2) is 29.6 Å². The minimum atomic E-state index is 0.638. The van der Waals surface area contributed by atoms with Crippen molar-refractivity contribution in [3.8, 4) is 22.5 Å². The van der Waals surface area contributed by atoms with Gasteiger partial charge in [-0.15, -0.1) is 11.3 Å². The van der Waals surface area contributed by atoms with Crippen LogP contribution in [0.1, 0.15) is 10.4 Å². The number of hydrogen-bond acceptors (Lipinski definition) is 3. The summed E-state index contributed by atoms with van der Waals surface area (Å²) < 4.78 is 2.55. The predicted octanol–water partition coefficient (Wildman–Crippen LogP) is 4.49. The van der Waals surface area contributed by atoms with Crippen LogP contribution >= 0.6 is 23.6 Å². The first-order valence-electron chi connectivity index (χ1n) is 6.35. The van der Waals surface area contributed by atoms with Crippen molar-refractivity contribution in [1.82, 2.24) is 14.8 Å². The molecule has 0 aliphatic rings. The van der Waals surface area contributed by atoms with E-state index in [9.17, 15) is 0 Å². The maximum Gasteiger partial charge on any atom is 0.195 e. The highest BCUT2D eigenvalue weighted by atomic mass is 32.1. The molecule has 3 rings (SSSR count). The minimum absolute atomic E-state index is 0.638. The SMILES string of the molecule is Cc1ccc(-c2c(-c3n[nH]c(=S)n3C)csc2C)cc1. The van der Waals surface area contributed by atoms with Crippen LogP contribution in [-0.2, 0) is 7.05 Å². The van der Waals surface area contributed by atoms with Crippen LogP contribution in [0.25, 0.3) is 22.5 Å². The number of nitrogens with one attached hydrogen (secondary N) is 1. The number of aromatic amines is 1. The van der Waals surface area contributed by atoms with Gasteiger partial charge in [-0.3, -0.25) is 5.10 Å². The number of thiophene rings is 1. The Morgan fingerprint density at radius 1 is 1.20 bits per heavy atom. The van der Waals surface area contributed by atoms with Crippen LogP contribution in [0, 0.1) is 18.6 Å². The fourth-order valence-electron chi connectivity index (χ4n) is 2.29. The second-order valence-corrected chi connectivity index (χ2v) is 6.33. The van der Waals surface area contributed by atoms with Gasteiger partial charge >= 0.3 is 0 Å². The topological polar surface area (TPSA) is 33.6 Å². The van der Waals surface area contributed by atoms with Gasteiger partial charge in [0.2, 0.25) is 0 Å². The summed E-state index contributed by atoms with van der Waals surface area (Å²) in [6, 6.07) is 8.60. The number of aromatic nitrogens is 3. The van der Waals surface area contributed by atoms with Crippen LogP contribution in [-0.4, -0.2) is 14.8 Å². The van der Waals surface area contributed by atoms with Crippen molar-refractivity contribution in [2.75, 3.05) is 0 Å². The lowest BCUT2D eigenvalue weighted by Gasteiger charge is -2.06. The second-order valence-electron chi connectivity index (χ2n) is 4.86. The molecule has 0 fully saturated rings. The quantitative estimate of drug-likeness (QED) is 0.708. The molecule has 102 valence electrons. The molecule has 0 atom stereocenters. The number of nitrogens with zero attached hydrogens (tertiary/aromatic N) is 2. The Morgan fingerprint density at radius 3 is 2.50 bits per heavy atom. The summed E-state index contributed by atoms with van der Waals surface area (Å²) >= 11 is 6.95. The smallest absolute Gasteiger partial charge is 0.195 e. The van der Waals surface area contributed by atoms with E-state index in [-0.39, 0.29) is 0 Å². The van der Waals surface area contributed by atoms with E-state index in [1.165, 1.54) is 21.6 Å². The number of H-pyrrole nitrogens is 1. The molecule has 3 aromatic rings. The molecule has 0 radical (unpaired) electrons. The molecule has 0 unspecified atom stereocenters. The summed E-state index contributed by atoms with van der Waals surface area (Å²) in [7, 11) is 1.94. The van der Waals surface area contributed by atoms with Gasteiger partial charge in [-0.2, -0.15) is 5.10 Å². The van der Waals surface area contributed by atoms with Gasteiger partial charge in [-0.1, -0.05) is 29.8 Å². The highest BCUT2D eigenvalue weighted by Crippen LogP contribution is 2.38. The Kier molecular flexibility index (Phi) is 3.31. The lowest BCUT2D eigenvalue weighted by molar-refractivity contribution is 0.902. The maximum atomic E-state index is 5.21. The third kappa shape index (κ3) is 2.13. The molecular weight excluding hydrogens is 286 g/mol. The Balaban J connectivity index is 2.22. The number of benzene rings is 1. The van der Waals surface area contributed by atoms with Crippen molar-refractivity contribution in [1.29, 1.82) is 0 Å². The average molecular weight is 301 g/mol. The van der Waals surface area contributed by atoms with Crippen LogP contribution < -0.4 is 0 Å². The summed E-state index contributed by atoms with van der Waals surface area (Å²) in [6.07, 6.45) is 0. The number of hydrogen-bond donors (Lipinski definition) is 1. The zero-order valence-corrected chi connectivity index (χ0v) is 13.2. The monoisotopic (exact) mass is 301 g/mol. The standard InChI is InChI=1S/C15H15N3S2/c1-9-4-6-11(7-5-9)13-10(2)20-8-12(13)14-16-17-15(19)18(14)3/h4-8H,1-3H3,(H,17,19). The highest BCUT2D eigenvalue weighted by molar-refractivity contribution is 7.71. The largest absolute Gasteiger partial charge is 0.303 e. The molecule has 0 aliphatic heterocycles. The van der Waals surface area contributed by atoms with Crippen molar-refractivity contribution in [3.63, 3.8) is 0 Å². The van der Waals surface area contributed by atoms with E-state index < -0.39 is 0 Å². The molecule has 1 aromatic carbocycles.